The van der Waals surface area contributed by atoms with Crippen LogP contribution >= 0.6 is 24.0 Å². The van der Waals surface area contributed by atoms with Crippen LogP contribution in [0.5, 0.6) is 0 Å². The number of nitrogens with zero attached hydrogens (tertiary/aromatic N) is 1. The van der Waals surface area contributed by atoms with Crippen molar-refractivity contribution >= 4 is 29.9 Å². The van der Waals surface area contributed by atoms with E-state index in [-0.39, 0.29) is 24.0 Å². The van der Waals surface area contributed by atoms with E-state index >= 15 is 0 Å². The van der Waals surface area contributed by atoms with Crippen LogP contribution in [0.1, 0.15) is 44.3 Å². The van der Waals surface area contributed by atoms with Gasteiger partial charge in [-0.15, -0.1) is 24.0 Å². The predicted octanol–water partition coefficient (Wildman–Crippen LogP) is 2.69. The van der Waals surface area contributed by atoms with Crippen molar-refractivity contribution < 1.29 is 9.52 Å². The van der Waals surface area contributed by atoms with E-state index in [1.165, 1.54) is 6.42 Å². The smallest absolute Gasteiger partial charge is 0.191 e. The second-order valence-electron chi connectivity index (χ2n) is 6.26. The van der Waals surface area contributed by atoms with Crippen LogP contribution in [-0.2, 0) is 5.60 Å². The number of aliphatic hydroxyl groups is 1. The van der Waals surface area contributed by atoms with Crippen LogP contribution in [-0.4, -0.2) is 30.2 Å². The van der Waals surface area contributed by atoms with E-state index in [1.807, 2.05) is 26.8 Å². The standard InChI is InChI=1S/C16H27N3O2.HI/c1-6-17-15(19-14-7-10(14)2)18-9-16(5,20)13-8-11(3)21-12(13)4;/h8,10,14,20H,6-7,9H2,1-5H3,(H2,17,18,19);1H. The molecule has 1 fully saturated rings. The zero-order valence-corrected chi connectivity index (χ0v) is 16.4. The summed E-state index contributed by atoms with van der Waals surface area (Å²) in [6, 6.07) is 2.39. The zero-order valence-electron chi connectivity index (χ0n) is 14.1. The normalized spacial score (nSPS) is 23.5. The van der Waals surface area contributed by atoms with Gasteiger partial charge in [0.1, 0.15) is 17.1 Å². The molecule has 5 nitrogen and oxygen atoms in total. The van der Waals surface area contributed by atoms with E-state index in [1.54, 1.807) is 6.92 Å². The Balaban J connectivity index is 0.00000242. The largest absolute Gasteiger partial charge is 0.466 e. The molecule has 1 heterocycles. The maximum absolute atomic E-state index is 10.7. The monoisotopic (exact) mass is 421 g/mol. The van der Waals surface area contributed by atoms with Gasteiger partial charge in [0.05, 0.1) is 6.54 Å². The van der Waals surface area contributed by atoms with Gasteiger partial charge in [-0.1, -0.05) is 6.92 Å². The number of aryl methyl sites for hydroxylation is 2. The Morgan fingerprint density at radius 1 is 1.50 bits per heavy atom. The Morgan fingerprint density at radius 3 is 2.59 bits per heavy atom. The molecule has 3 N–H and O–H groups in total. The molecule has 3 atom stereocenters. The highest BCUT2D eigenvalue weighted by molar-refractivity contribution is 14.0. The fraction of sp³-hybridized carbons (Fsp3) is 0.688. The molecular weight excluding hydrogens is 393 g/mol. The summed E-state index contributed by atoms with van der Waals surface area (Å²) in [6.45, 7) is 10.9. The van der Waals surface area contributed by atoms with Gasteiger partial charge in [0.15, 0.2) is 5.96 Å². The third-order valence-corrected chi connectivity index (χ3v) is 3.94. The van der Waals surface area contributed by atoms with Gasteiger partial charge in [-0.3, -0.25) is 0 Å². The van der Waals surface area contributed by atoms with Crippen LogP contribution in [0.4, 0.5) is 0 Å². The van der Waals surface area contributed by atoms with Gasteiger partial charge in [0, 0.05) is 18.2 Å². The van der Waals surface area contributed by atoms with E-state index in [0.29, 0.717) is 18.5 Å². The van der Waals surface area contributed by atoms with Gasteiger partial charge >= 0.3 is 0 Å². The molecule has 1 aromatic rings. The van der Waals surface area contributed by atoms with Gasteiger partial charge in [0.25, 0.3) is 0 Å². The number of hydrogen-bond acceptors (Lipinski definition) is 3. The summed E-state index contributed by atoms with van der Waals surface area (Å²) < 4.78 is 5.50. The van der Waals surface area contributed by atoms with Crippen molar-refractivity contribution in [1.82, 2.24) is 10.6 Å². The van der Waals surface area contributed by atoms with Gasteiger partial charge in [-0.2, -0.15) is 0 Å². The van der Waals surface area contributed by atoms with Crippen molar-refractivity contribution in [2.45, 2.75) is 52.7 Å². The molecule has 0 radical (unpaired) electrons. The van der Waals surface area contributed by atoms with Crippen molar-refractivity contribution in [2.24, 2.45) is 10.9 Å². The molecule has 0 saturated heterocycles. The maximum Gasteiger partial charge on any atom is 0.191 e. The highest BCUT2D eigenvalue weighted by atomic mass is 127. The average molecular weight is 421 g/mol. The highest BCUT2D eigenvalue weighted by Gasteiger charge is 2.33. The Morgan fingerprint density at radius 2 is 2.14 bits per heavy atom. The van der Waals surface area contributed by atoms with Crippen LogP contribution in [0.15, 0.2) is 15.5 Å². The van der Waals surface area contributed by atoms with Crippen LogP contribution in [0, 0.1) is 19.8 Å². The van der Waals surface area contributed by atoms with Gasteiger partial charge < -0.3 is 20.2 Å². The molecule has 1 aliphatic rings. The first-order valence-electron chi connectivity index (χ1n) is 7.68. The van der Waals surface area contributed by atoms with Gasteiger partial charge in [0.2, 0.25) is 0 Å². The third-order valence-electron chi connectivity index (χ3n) is 3.94. The minimum atomic E-state index is -1.03. The summed E-state index contributed by atoms with van der Waals surface area (Å²) in [4.78, 5) is 4.53. The van der Waals surface area contributed by atoms with Gasteiger partial charge in [-0.05, 0) is 46.1 Å². The van der Waals surface area contributed by atoms with Crippen molar-refractivity contribution in [3.05, 3.63) is 23.2 Å². The lowest BCUT2D eigenvalue weighted by Crippen LogP contribution is -2.40. The van der Waals surface area contributed by atoms with E-state index in [0.717, 1.165) is 29.6 Å². The summed E-state index contributed by atoms with van der Waals surface area (Å²) >= 11 is 0. The summed E-state index contributed by atoms with van der Waals surface area (Å²) in [5, 5.41) is 17.3. The molecule has 0 bridgehead atoms. The van der Waals surface area contributed by atoms with Crippen molar-refractivity contribution in [3.8, 4) is 0 Å². The first kappa shape index (κ1) is 19.3. The molecule has 1 saturated carbocycles. The number of hydrogen-bond donors (Lipinski definition) is 3. The molecule has 1 aliphatic carbocycles. The SMILES string of the molecule is CCNC(=NCC(C)(O)c1cc(C)oc1C)NC1CC1C.I. The summed E-state index contributed by atoms with van der Waals surface area (Å²) in [6.07, 6.45) is 1.18. The molecule has 1 aromatic heterocycles. The van der Waals surface area contributed by atoms with Crippen LogP contribution in [0.2, 0.25) is 0 Å². The Kier molecular flexibility index (Phi) is 6.73. The quantitative estimate of drug-likeness (QED) is 0.389. The number of nitrogens with one attached hydrogen (secondary N) is 2. The second-order valence-corrected chi connectivity index (χ2v) is 6.26. The maximum atomic E-state index is 10.7. The van der Waals surface area contributed by atoms with Crippen molar-refractivity contribution in [1.29, 1.82) is 0 Å². The average Bonchev–Trinajstić information content (AvgIpc) is 2.96. The molecule has 3 unspecified atom stereocenters. The lowest BCUT2D eigenvalue weighted by atomic mass is 9.96. The lowest BCUT2D eigenvalue weighted by Gasteiger charge is -2.21. The van der Waals surface area contributed by atoms with Crippen LogP contribution in [0.25, 0.3) is 0 Å². The Bertz CT molecular complexity index is 525. The molecule has 126 valence electrons. The molecule has 6 heteroatoms. The minimum absolute atomic E-state index is 0. The topological polar surface area (TPSA) is 69.8 Å². The minimum Gasteiger partial charge on any atom is -0.466 e. The molecule has 0 aliphatic heterocycles. The van der Waals surface area contributed by atoms with Crippen molar-refractivity contribution in [2.75, 3.05) is 13.1 Å². The summed E-state index contributed by atoms with van der Waals surface area (Å²) in [7, 11) is 0. The summed E-state index contributed by atoms with van der Waals surface area (Å²) in [5.74, 6) is 3.03. The number of rotatable bonds is 5. The number of aliphatic imine (C=N–C) groups is 1. The Labute approximate surface area is 150 Å². The number of halogens is 1. The van der Waals surface area contributed by atoms with E-state index in [4.69, 9.17) is 4.42 Å². The van der Waals surface area contributed by atoms with Crippen molar-refractivity contribution in [3.63, 3.8) is 0 Å². The second kappa shape index (κ2) is 7.68. The predicted molar refractivity (Wildman–Crippen MR) is 99.9 cm³/mol. The zero-order chi connectivity index (χ0) is 15.6. The molecule has 22 heavy (non-hydrogen) atoms. The van der Waals surface area contributed by atoms with E-state index in [9.17, 15) is 5.11 Å². The first-order chi connectivity index (χ1) is 9.83. The molecule has 0 aromatic carbocycles. The van der Waals surface area contributed by atoms with E-state index < -0.39 is 5.60 Å². The Hall–Kier alpha value is -0.760. The lowest BCUT2D eigenvalue weighted by molar-refractivity contribution is 0.0657. The molecule has 0 amide bonds. The van der Waals surface area contributed by atoms with E-state index in [2.05, 4.69) is 22.5 Å². The highest BCUT2D eigenvalue weighted by Crippen LogP contribution is 2.29. The van der Waals surface area contributed by atoms with Crippen LogP contribution < -0.4 is 10.6 Å². The number of furan rings is 1. The van der Waals surface area contributed by atoms with Gasteiger partial charge in [-0.25, -0.2) is 4.99 Å². The number of guanidine groups is 1. The fourth-order valence-corrected chi connectivity index (χ4v) is 2.50. The molecular formula is C16H28IN3O2. The molecule has 2 rings (SSSR count). The fourth-order valence-electron chi connectivity index (χ4n) is 2.50. The summed E-state index contributed by atoms with van der Waals surface area (Å²) in [5.41, 5.74) is -0.223. The third kappa shape index (κ3) is 4.87. The first-order valence-corrected chi connectivity index (χ1v) is 7.68. The van der Waals surface area contributed by atoms with Crippen LogP contribution in [0.3, 0.4) is 0 Å². The molecule has 0 spiro atoms.